The molecule has 1 aromatic carbocycles. The first-order valence-corrected chi connectivity index (χ1v) is 13.4. The lowest BCUT2D eigenvalue weighted by Crippen LogP contribution is -2.47. The van der Waals surface area contributed by atoms with Gasteiger partial charge in [0, 0.05) is 49.2 Å². The van der Waals surface area contributed by atoms with E-state index in [9.17, 15) is 14.7 Å². The van der Waals surface area contributed by atoms with Crippen LogP contribution in [0.1, 0.15) is 36.4 Å². The van der Waals surface area contributed by atoms with Crippen LogP contribution in [0, 0.1) is 19.8 Å². The zero-order chi connectivity index (χ0) is 28.8. The average Bonchev–Trinajstić information content (AvgIpc) is 3.25. The fourth-order valence-corrected chi connectivity index (χ4v) is 4.83. The van der Waals surface area contributed by atoms with E-state index >= 15 is 0 Å². The summed E-state index contributed by atoms with van der Waals surface area (Å²) < 4.78 is 11.7. The number of amides is 3. The maximum Gasteiger partial charge on any atom is 0.323 e. The predicted molar refractivity (Wildman–Crippen MR) is 151 cm³/mol. The number of aromatic nitrogens is 2. The van der Waals surface area contributed by atoms with Crippen LogP contribution >= 0.6 is 0 Å². The second-order valence-electron chi connectivity index (χ2n) is 10.5. The highest BCUT2D eigenvalue weighted by molar-refractivity contribution is 6.00. The monoisotopic (exact) mass is 550 g/mol. The highest BCUT2D eigenvalue weighted by Gasteiger charge is 2.31. The fraction of sp³-hybridized carbons (Fsp3) is 0.448. The third-order valence-corrected chi connectivity index (χ3v) is 7.14. The fourth-order valence-electron chi connectivity index (χ4n) is 4.83. The van der Waals surface area contributed by atoms with Gasteiger partial charge in [-0.15, -0.1) is 0 Å². The van der Waals surface area contributed by atoms with Crippen LogP contribution in [-0.2, 0) is 17.8 Å². The Morgan fingerprint density at radius 2 is 1.98 bits per heavy atom. The first kappa shape index (κ1) is 29.0. The van der Waals surface area contributed by atoms with Crippen LogP contribution in [0.4, 0.5) is 16.2 Å². The van der Waals surface area contributed by atoms with Crippen LogP contribution in [0.15, 0.2) is 47.2 Å². The summed E-state index contributed by atoms with van der Waals surface area (Å²) in [5.74, 6) is 0.981. The number of urea groups is 1. The molecule has 0 radical (unpaired) electrons. The van der Waals surface area contributed by atoms with Gasteiger partial charge in [0.2, 0.25) is 5.91 Å². The number of hydrogen-bond donors (Lipinski definition) is 3. The number of aliphatic hydroxyl groups excluding tert-OH is 1. The van der Waals surface area contributed by atoms with Crippen molar-refractivity contribution < 1.29 is 24.0 Å². The predicted octanol–water partition coefficient (Wildman–Crippen LogP) is 3.61. The summed E-state index contributed by atoms with van der Waals surface area (Å²) >= 11 is 0. The molecular weight excluding hydrogens is 512 g/mol. The highest BCUT2D eigenvalue weighted by atomic mass is 16.5. The molecule has 3 aromatic rings. The minimum atomic E-state index is -0.454. The van der Waals surface area contributed by atoms with Crippen LogP contribution in [0.25, 0.3) is 0 Å². The van der Waals surface area contributed by atoms with Crippen LogP contribution < -0.4 is 15.4 Å². The molecule has 4 rings (SSSR count). The SMILES string of the molecule is Cc1noc(C)c1NC(=O)Nc1ccc2c(c1)CC(=O)N([C@H](C)CO)C[C@H](C)[C@H](CN(C)Cc1ccncc1)O2. The maximum atomic E-state index is 13.4. The van der Waals surface area contributed by atoms with Gasteiger partial charge in [-0.2, -0.15) is 0 Å². The van der Waals surface area contributed by atoms with E-state index in [2.05, 4.69) is 32.6 Å². The van der Waals surface area contributed by atoms with E-state index in [-0.39, 0.29) is 37.0 Å². The van der Waals surface area contributed by atoms with E-state index < -0.39 is 6.03 Å². The molecule has 0 saturated heterocycles. The summed E-state index contributed by atoms with van der Waals surface area (Å²) in [7, 11) is 2.04. The van der Waals surface area contributed by atoms with Crippen molar-refractivity contribution in [3.63, 3.8) is 0 Å². The number of benzene rings is 1. The Kier molecular flexibility index (Phi) is 9.38. The van der Waals surface area contributed by atoms with Crippen LogP contribution in [0.5, 0.6) is 5.75 Å². The van der Waals surface area contributed by atoms with Gasteiger partial charge in [-0.05, 0) is 63.7 Å². The topological polar surface area (TPSA) is 133 Å². The number of likely N-dealkylation sites (N-methyl/N-ethyl adjacent to an activating group) is 1. The molecule has 3 amide bonds. The number of hydrogen-bond acceptors (Lipinski definition) is 8. The molecule has 1 aliphatic rings. The van der Waals surface area contributed by atoms with Crippen LogP contribution in [0.3, 0.4) is 0 Å². The number of nitrogens with zero attached hydrogens (tertiary/aromatic N) is 4. The third kappa shape index (κ3) is 7.16. The molecule has 0 saturated carbocycles. The van der Waals surface area contributed by atoms with Crippen molar-refractivity contribution in [2.45, 2.75) is 52.8 Å². The number of anilines is 2. The molecular formula is C29H38N6O5. The summed E-state index contributed by atoms with van der Waals surface area (Å²) in [5, 5.41) is 19.3. The largest absolute Gasteiger partial charge is 0.488 e. The van der Waals surface area contributed by atoms with Gasteiger partial charge in [-0.1, -0.05) is 12.1 Å². The second kappa shape index (κ2) is 12.9. The van der Waals surface area contributed by atoms with E-state index in [0.29, 0.717) is 47.2 Å². The summed E-state index contributed by atoms with van der Waals surface area (Å²) in [5.41, 5.74) is 3.41. The number of ether oxygens (including phenoxy) is 1. The van der Waals surface area contributed by atoms with Gasteiger partial charge in [0.15, 0.2) is 5.76 Å². The van der Waals surface area contributed by atoms with E-state index in [1.807, 2.05) is 26.1 Å². The van der Waals surface area contributed by atoms with E-state index in [1.165, 1.54) is 0 Å². The third-order valence-electron chi connectivity index (χ3n) is 7.14. The van der Waals surface area contributed by atoms with Gasteiger partial charge in [0.25, 0.3) is 0 Å². The molecule has 0 spiro atoms. The Bertz CT molecular complexity index is 1290. The van der Waals surface area contributed by atoms with Crippen molar-refractivity contribution in [3.05, 3.63) is 65.3 Å². The maximum absolute atomic E-state index is 13.4. The molecule has 40 heavy (non-hydrogen) atoms. The van der Waals surface area contributed by atoms with Crippen molar-refractivity contribution in [2.75, 3.05) is 37.4 Å². The Balaban J connectivity index is 1.57. The molecule has 0 aliphatic carbocycles. The van der Waals surface area contributed by atoms with Gasteiger partial charge >= 0.3 is 6.03 Å². The smallest absolute Gasteiger partial charge is 0.323 e. The zero-order valence-corrected chi connectivity index (χ0v) is 23.7. The van der Waals surface area contributed by atoms with Gasteiger partial charge in [0.05, 0.1) is 19.1 Å². The van der Waals surface area contributed by atoms with Crippen LogP contribution in [0.2, 0.25) is 0 Å². The molecule has 214 valence electrons. The molecule has 2 aromatic heterocycles. The Morgan fingerprint density at radius 3 is 2.65 bits per heavy atom. The number of carbonyl (C=O) groups excluding carboxylic acids is 2. The molecule has 0 unspecified atom stereocenters. The second-order valence-corrected chi connectivity index (χ2v) is 10.5. The molecule has 11 heteroatoms. The molecule has 3 heterocycles. The minimum absolute atomic E-state index is 0.0116. The zero-order valence-electron chi connectivity index (χ0n) is 23.7. The van der Waals surface area contributed by atoms with Gasteiger partial charge in [0.1, 0.15) is 23.2 Å². The number of aliphatic hydroxyl groups is 1. The van der Waals surface area contributed by atoms with Crippen LogP contribution in [-0.4, -0.2) is 75.9 Å². The van der Waals surface area contributed by atoms with E-state index in [0.717, 1.165) is 12.1 Å². The highest BCUT2D eigenvalue weighted by Crippen LogP contribution is 2.29. The molecule has 0 fully saturated rings. The first-order chi connectivity index (χ1) is 19.1. The van der Waals surface area contributed by atoms with E-state index in [1.54, 1.807) is 49.3 Å². The average molecular weight is 551 g/mol. The quantitative estimate of drug-likeness (QED) is 0.387. The standard InChI is InChI=1S/C29H38N6O5/c1-18-14-35(19(2)17-36)27(37)13-23-12-24(31-29(38)32-28-20(3)33-40-21(28)4)6-7-25(23)39-26(18)16-34(5)15-22-8-10-30-11-9-22/h6-12,18-19,26,36H,13-17H2,1-5H3,(H2,31,32,38)/t18-,19+,26-/m0/s1. The van der Waals surface area contributed by atoms with Crippen molar-refractivity contribution in [1.82, 2.24) is 19.9 Å². The van der Waals surface area contributed by atoms with Gasteiger partial charge in [-0.3, -0.25) is 14.7 Å². The first-order valence-electron chi connectivity index (χ1n) is 13.4. The summed E-state index contributed by atoms with van der Waals surface area (Å²) in [4.78, 5) is 34.2. The lowest BCUT2D eigenvalue weighted by atomic mass is 10.0. The Hall–Kier alpha value is -3.96. The minimum Gasteiger partial charge on any atom is -0.488 e. The lowest BCUT2D eigenvalue weighted by molar-refractivity contribution is -0.134. The number of carbonyl (C=O) groups is 2. The van der Waals surface area contributed by atoms with Crippen molar-refractivity contribution >= 4 is 23.3 Å². The summed E-state index contributed by atoms with van der Waals surface area (Å²) in [6.45, 7) is 9.03. The summed E-state index contributed by atoms with van der Waals surface area (Å²) in [6.07, 6.45) is 3.40. The molecule has 1 aliphatic heterocycles. The molecule has 3 atom stereocenters. The molecule has 11 nitrogen and oxygen atoms in total. The normalized spacial score (nSPS) is 18.3. The number of pyridine rings is 1. The van der Waals surface area contributed by atoms with Gasteiger partial charge < -0.3 is 29.9 Å². The van der Waals surface area contributed by atoms with Crippen molar-refractivity contribution in [2.24, 2.45) is 5.92 Å². The number of nitrogens with one attached hydrogen (secondary N) is 2. The van der Waals surface area contributed by atoms with Gasteiger partial charge in [-0.25, -0.2) is 4.79 Å². The van der Waals surface area contributed by atoms with Crippen molar-refractivity contribution in [1.29, 1.82) is 0 Å². The Labute approximate surface area is 234 Å². The van der Waals surface area contributed by atoms with Crippen molar-refractivity contribution in [3.8, 4) is 5.75 Å². The number of fused-ring (bicyclic) bond motifs is 1. The van der Waals surface area contributed by atoms with E-state index in [4.69, 9.17) is 9.26 Å². The molecule has 0 bridgehead atoms. The lowest BCUT2D eigenvalue weighted by Gasteiger charge is -2.34. The Morgan fingerprint density at radius 1 is 1.23 bits per heavy atom. The number of rotatable bonds is 8. The summed E-state index contributed by atoms with van der Waals surface area (Å²) in [6, 6.07) is 8.48. The molecule has 3 N–H and O–H groups in total. The number of aryl methyl sites for hydroxylation is 2.